The van der Waals surface area contributed by atoms with E-state index in [0.29, 0.717) is 24.0 Å². The van der Waals surface area contributed by atoms with Gasteiger partial charge in [0.1, 0.15) is 5.78 Å². The number of carbonyl (C=O) groups excluding carboxylic acids is 1. The number of carbonyl (C=O) groups is 1. The topological polar surface area (TPSA) is 29.5 Å². The van der Waals surface area contributed by atoms with Crippen molar-refractivity contribution in [2.75, 3.05) is 13.2 Å². The summed E-state index contributed by atoms with van der Waals surface area (Å²) >= 11 is 0. The zero-order valence-corrected chi connectivity index (χ0v) is 9.86. The minimum Gasteiger partial charge on any atom is -0.377 e. The molecule has 0 amide bonds. The quantitative estimate of drug-likeness (QED) is 0.714. The number of hydrogen-bond donors (Lipinski definition) is 0. The first-order chi connectivity index (χ1) is 7.83. The molecule has 0 spiro atoms. The molecule has 3 heterocycles. The highest BCUT2D eigenvalue weighted by atomic mass is 16.5. The smallest absolute Gasteiger partial charge is 0.136 e. The zero-order chi connectivity index (χ0) is 11.0. The van der Waals surface area contributed by atoms with Gasteiger partial charge in [0, 0.05) is 38.1 Å². The van der Waals surface area contributed by atoms with Crippen LogP contribution in [0.25, 0.3) is 0 Å². The Labute approximate surface area is 97.1 Å². The van der Waals surface area contributed by atoms with Gasteiger partial charge in [0.25, 0.3) is 0 Å². The SMILES string of the molecule is O=C1CC2CCC(C1)N2CC1CCCCO1. The lowest BCUT2D eigenvalue weighted by molar-refractivity contribution is -0.124. The Bertz CT molecular complexity index is 257. The van der Waals surface area contributed by atoms with Gasteiger partial charge in [0.05, 0.1) is 6.10 Å². The number of fused-ring (bicyclic) bond motifs is 2. The molecule has 0 aromatic heterocycles. The van der Waals surface area contributed by atoms with Crippen molar-refractivity contribution in [3.63, 3.8) is 0 Å². The summed E-state index contributed by atoms with van der Waals surface area (Å²) in [6.07, 6.45) is 8.22. The third kappa shape index (κ3) is 2.03. The van der Waals surface area contributed by atoms with E-state index in [1.807, 2.05) is 0 Å². The van der Waals surface area contributed by atoms with E-state index in [9.17, 15) is 4.79 Å². The van der Waals surface area contributed by atoms with Gasteiger partial charge in [-0.15, -0.1) is 0 Å². The molecule has 3 nitrogen and oxygen atoms in total. The lowest BCUT2D eigenvalue weighted by Gasteiger charge is -2.37. The molecule has 0 saturated carbocycles. The highest BCUT2D eigenvalue weighted by Gasteiger charge is 2.40. The van der Waals surface area contributed by atoms with Crippen LogP contribution in [0.3, 0.4) is 0 Å². The third-order valence-corrected chi connectivity index (χ3v) is 4.39. The Morgan fingerprint density at radius 2 is 1.88 bits per heavy atom. The average Bonchev–Trinajstić information content (AvgIpc) is 2.54. The molecule has 90 valence electrons. The number of ketones is 1. The third-order valence-electron chi connectivity index (χ3n) is 4.39. The normalized spacial score (nSPS) is 40.2. The fourth-order valence-electron chi connectivity index (χ4n) is 3.55. The van der Waals surface area contributed by atoms with Gasteiger partial charge in [0.2, 0.25) is 0 Å². The van der Waals surface area contributed by atoms with Crippen molar-refractivity contribution in [2.45, 2.75) is 63.1 Å². The zero-order valence-electron chi connectivity index (χ0n) is 9.86. The first-order valence-corrected chi connectivity index (χ1v) is 6.72. The molecule has 3 aliphatic rings. The van der Waals surface area contributed by atoms with Crippen LogP contribution >= 0.6 is 0 Å². The van der Waals surface area contributed by atoms with Crippen molar-refractivity contribution in [2.24, 2.45) is 0 Å². The molecule has 3 unspecified atom stereocenters. The van der Waals surface area contributed by atoms with Gasteiger partial charge in [-0.3, -0.25) is 9.69 Å². The van der Waals surface area contributed by atoms with E-state index < -0.39 is 0 Å². The van der Waals surface area contributed by atoms with Crippen LogP contribution in [0.4, 0.5) is 0 Å². The summed E-state index contributed by atoms with van der Waals surface area (Å²) in [6.45, 7) is 2.01. The van der Waals surface area contributed by atoms with Crippen LogP contribution in [0.15, 0.2) is 0 Å². The van der Waals surface area contributed by atoms with Gasteiger partial charge in [0.15, 0.2) is 0 Å². The molecule has 3 heteroatoms. The number of rotatable bonds is 2. The van der Waals surface area contributed by atoms with Gasteiger partial charge >= 0.3 is 0 Å². The lowest BCUT2D eigenvalue weighted by atomic mass is 10.00. The Balaban J connectivity index is 1.60. The second kappa shape index (κ2) is 4.46. The number of ether oxygens (including phenoxy) is 1. The minimum atomic E-state index is 0.435. The fraction of sp³-hybridized carbons (Fsp3) is 0.923. The summed E-state index contributed by atoms with van der Waals surface area (Å²) in [4.78, 5) is 14.1. The monoisotopic (exact) mass is 223 g/mol. The van der Waals surface area contributed by atoms with Gasteiger partial charge in [-0.2, -0.15) is 0 Å². The molecule has 3 fully saturated rings. The van der Waals surface area contributed by atoms with Crippen molar-refractivity contribution in [3.05, 3.63) is 0 Å². The molecule has 0 aliphatic carbocycles. The standard InChI is InChI=1S/C13H21NO2/c15-12-7-10-4-5-11(8-12)14(10)9-13-3-1-2-6-16-13/h10-11,13H,1-9H2. The van der Waals surface area contributed by atoms with E-state index in [0.717, 1.165) is 26.0 Å². The molecule has 16 heavy (non-hydrogen) atoms. The predicted molar refractivity (Wildman–Crippen MR) is 61.3 cm³/mol. The van der Waals surface area contributed by atoms with E-state index >= 15 is 0 Å². The first-order valence-electron chi connectivity index (χ1n) is 6.72. The number of nitrogens with zero attached hydrogens (tertiary/aromatic N) is 1. The number of piperidine rings is 1. The summed E-state index contributed by atoms with van der Waals surface area (Å²) in [5.74, 6) is 0.480. The number of hydrogen-bond acceptors (Lipinski definition) is 3. The lowest BCUT2D eigenvalue weighted by Crippen LogP contribution is -2.47. The molecular formula is C13H21NO2. The predicted octanol–water partition coefficient (Wildman–Crippen LogP) is 1.75. The van der Waals surface area contributed by atoms with Gasteiger partial charge in [-0.25, -0.2) is 0 Å². The summed E-state index contributed by atoms with van der Waals surface area (Å²) in [6, 6.07) is 1.08. The molecule has 3 rings (SSSR count). The molecule has 2 bridgehead atoms. The Hall–Kier alpha value is -0.410. The molecule has 0 N–H and O–H groups in total. The largest absolute Gasteiger partial charge is 0.377 e. The van der Waals surface area contributed by atoms with E-state index in [4.69, 9.17) is 4.74 Å². The van der Waals surface area contributed by atoms with E-state index in [1.165, 1.54) is 32.1 Å². The van der Waals surface area contributed by atoms with Crippen LogP contribution < -0.4 is 0 Å². The molecule has 0 aromatic rings. The highest BCUT2D eigenvalue weighted by molar-refractivity contribution is 5.80. The van der Waals surface area contributed by atoms with Crippen LogP contribution in [-0.4, -0.2) is 42.0 Å². The van der Waals surface area contributed by atoms with Crippen LogP contribution in [0.5, 0.6) is 0 Å². The van der Waals surface area contributed by atoms with Crippen molar-refractivity contribution < 1.29 is 9.53 Å². The maximum absolute atomic E-state index is 11.5. The van der Waals surface area contributed by atoms with Gasteiger partial charge in [-0.05, 0) is 32.1 Å². The molecule has 3 aliphatic heterocycles. The van der Waals surface area contributed by atoms with E-state index in [1.54, 1.807) is 0 Å². The van der Waals surface area contributed by atoms with Crippen molar-refractivity contribution >= 4 is 5.78 Å². The highest BCUT2D eigenvalue weighted by Crippen LogP contribution is 2.34. The summed E-state index contributed by atoms with van der Waals surface area (Å²) < 4.78 is 5.81. The maximum atomic E-state index is 11.5. The fourth-order valence-corrected chi connectivity index (χ4v) is 3.55. The Morgan fingerprint density at radius 1 is 1.12 bits per heavy atom. The molecule has 3 saturated heterocycles. The summed E-state index contributed by atoms with van der Waals surface area (Å²) in [5, 5.41) is 0. The molecule has 0 radical (unpaired) electrons. The molecule has 0 aromatic carbocycles. The molecule has 3 atom stereocenters. The van der Waals surface area contributed by atoms with Crippen LogP contribution in [0.2, 0.25) is 0 Å². The van der Waals surface area contributed by atoms with E-state index in [-0.39, 0.29) is 0 Å². The van der Waals surface area contributed by atoms with Gasteiger partial charge in [-0.1, -0.05) is 0 Å². The van der Waals surface area contributed by atoms with Crippen LogP contribution in [-0.2, 0) is 9.53 Å². The summed E-state index contributed by atoms with van der Waals surface area (Å²) in [7, 11) is 0. The van der Waals surface area contributed by atoms with Gasteiger partial charge < -0.3 is 4.74 Å². The first kappa shape index (κ1) is 10.7. The second-order valence-electron chi connectivity index (χ2n) is 5.52. The molecular weight excluding hydrogens is 202 g/mol. The maximum Gasteiger partial charge on any atom is 0.136 e. The summed E-state index contributed by atoms with van der Waals surface area (Å²) in [5.41, 5.74) is 0. The van der Waals surface area contributed by atoms with Crippen molar-refractivity contribution in [3.8, 4) is 0 Å². The Morgan fingerprint density at radius 3 is 2.50 bits per heavy atom. The van der Waals surface area contributed by atoms with Crippen molar-refractivity contribution in [1.82, 2.24) is 4.90 Å². The van der Waals surface area contributed by atoms with Crippen molar-refractivity contribution in [1.29, 1.82) is 0 Å². The average molecular weight is 223 g/mol. The van der Waals surface area contributed by atoms with E-state index in [2.05, 4.69) is 4.90 Å². The minimum absolute atomic E-state index is 0.435. The number of Topliss-reactive ketones (excluding diaryl/α,β-unsaturated/α-hetero) is 1. The van der Waals surface area contributed by atoms with Crippen LogP contribution in [0.1, 0.15) is 44.9 Å². The second-order valence-corrected chi connectivity index (χ2v) is 5.52. The Kier molecular flexibility index (Phi) is 2.99. The van der Waals surface area contributed by atoms with Crippen LogP contribution in [0, 0.1) is 0 Å².